The second-order valence-corrected chi connectivity index (χ2v) is 24.0. The third-order valence-corrected chi connectivity index (χ3v) is 19.5. The zero-order valence-electron chi connectivity index (χ0n) is 41.5. The van der Waals surface area contributed by atoms with Crippen molar-refractivity contribution in [3.63, 3.8) is 0 Å². The van der Waals surface area contributed by atoms with Crippen molar-refractivity contribution in [2.75, 3.05) is 67.8 Å². The minimum atomic E-state index is -4.86. The number of nitrogens with zero attached hydrogens (tertiary/aromatic N) is 5. The van der Waals surface area contributed by atoms with E-state index in [9.17, 15) is 14.9 Å². The van der Waals surface area contributed by atoms with Gasteiger partial charge in [-0.1, -0.05) is 38.1 Å². The van der Waals surface area contributed by atoms with Crippen molar-refractivity contribution in [1.82, 2.24) is 14.9 Å². The van der Waals surface area contributed by atoms with Gasteiger partial charge in [0.15, 0.2) is 11.4 Å². The second kappa shape index (κ2) is 17.8. The first-order chi connectivity index (χ1) is 35.7. The number of morpholine rings is 1. The van der Waals surface area contributed by atoms with Gasteiger partial charge in [0.1, 0.15) is 34.6 Å². The Morgan fingerprint density at radius 3 is 2.51 bits per heavy atom. The summed E-state index contributed by atoms with van der Waals surface area (Å²) in [5.41, 5.74) is 7.84. The summed E-state index contributed by atoms with van der Waals surface area (Å²) < 4.78 is 79.1. The number of pyridine rings is 1. The zero-order valence-corrected chi connectivity index (χ0v) is 42.3. The quantitative estimate of drug-likeness (QED) is 0.0896. The third-order valence-electron chi connectivity index (χ3n) is 17.7. The van der Waals surface area contributed by atoms with Crippen LogP contribution in [0.3, 0.4) is 0 Å². The lowest BCUT2D eigenvalue weighted by Gasteiger charge is -2.57. The topological polar surface area (TPSA) is 217 Å². The summed E-state index contributed by atoms with van der Waals surface area (Å²) in [6.45, 7) is 6.92. The van der Waals surface area contributed by atoms with Gasteiger partial charge in [-0.15, -0.1) is 0 Å². The summed E-state index contributed by atoms with van der Waals surface area (Å²) in [6, 6.07) is 17.4. The van der Waals surface area contributed by atoms with E-state index in [-0.39, 0.29) is 90.3 Å². The van der Waals surface area contributed by atoms with Gasteiger partial charge in [-0.05, 0) is 85.3 Å². The molecule has 1 saturated carbocycles. The number of H-pyrrole nitrogens is 1. The molecule has 1 aliphatic carbocycles. The number of amides is 1. The molecule has 5 aromatic rings. The predicted octanol–water partition coefficient (Wildman–Crippen LogP) is 7.87. The fraction of sp³-hybridized carbons (Fsp3) is 0.519. The molecule has 74 heavy (non-hydrogen) atoms. The molecule has 390 valence electrons. The minimum Gasteiger partial charge on any atom is -0.489 e. The average Bonchev–Trinajstić information content (AvgIpc) is 4.16. The Bertz CT molecular complexity index is 3190. The van der Waals surface area contributed by atoms with Gasteiger partial charge in [-0.25, -0.2) is 12.8 Å². The van der Waals surface area contributed by atoms with Gasteiger partial charge >= 0.3 is 0 Å². The number of hydrogen-bond acceptors (Lipinski definition) is 15. The van der Waals surface area contributed by atoms with E-state index >= 15 is 12.8 Å². The monoisotopic (exact) mass is 1030 g/mol. The van der Waals surface area contributed by atoms with E-state index in [1.165, 1.54) is 17.2 Å². The molecule has 18 nitrogen and oxygen atoms in total. The fourth-order valence-electron chi connectivity index (χ4n) is 13.9. The number of fused-ring (bicyclic) bond motifs is 6. The Hall–Kier alpha value is -6.06. The van der Waals surface area contributed by atoms with Crippen molar-refractivity contribution >= 4 is 55.2 Å². The first-order valence-corrected chi connectivity index (χ1v) is 27.6. The summed E-state index contributed by atoms with van der Waals surface area (Å²) in [4.78, 5) is 40.3. The number of rotatable bonds is 10. The molecule has 1 amide bonds. The fourth-order valence-corrected chi connectivity index (χ4v) is 15.6. The van der Waals surface area contributed by atoms with Gasteiger partial charge in [0.2, 0.25) is 15.7 Å². The Kier molecular flexibility index (Phi) is 11.4. The molecule has 1 spiro atoms. The van der Waals surface area contributed by atoms with Gasteiger partial charge < -0.3 is 49.5 Å². The lowest BCUT2D eigenvalue weighted by Crippen LogP contribution is -2.58. The number of halogens is 1. The van der Waals surface area contributed by atoms with Crippen LogP contribution in [0, 0.1) is 15.5 Å². The van der Waals surface area contributed by atoms with Gasteiger partial charge in [-0.3, -0.25) is 19.8 Å². The molecule has 20 heteroatoms. The number of nitrogens with one attached hydrogen (secondary N) is 2. The molecular weight excluding hydrogens is 972 g/mol. The van der Waals surface area contributed by atoms with Gasteiger partial charge in [-0.2, -0.15) is 4.98 Å². The molecule has 6 fully saturated rings. The standard InChI is InChI=1S/C54H61FN8O10S/c1-30(2)35-5-3-4-6-36(35)47-43-22-32(27-71-43)61(47)33-25-53(26-33)11-16-60(17-12-53)39-8-7-37(50(56)64)48(62-38-10-18-70-28-44(38)73-52-41(62)21-31-9-15-57-51(31)59-52)49(39)74(67,68)34-23-40(63(65)66)46-42(24-34)72-29-45(58-46)54(55)13-19-69-20-14-54/h3-9,15,21,23-24,30,32-33,38,43-45,47,58H,10-14,16-20,22,25-29H2,1-2H3,(H2,56,64)(H,57,59)/t32-,38-,43-,44-,45-,47+/m0/s1. The highest BCUT2D eigenvalue weighted by molar-refractivity contribution is 7.91. The largest absolute Gasteiger partial charge is 0.489 e. The van der Waals surface area contributed by atoms with Crippen molar-refractivity contribution in [2.24, 2.45) is 11.1 Å². The molecule has 0 unspecified atom stereocenters. The van der Waals surface area contributed by atoms with E-state index in [0.29, 0.717) is 61.1 Å². The van der Waals surface area contributed by atoms with Crippen LogP contribution in [-0.4, -0.2) is 129 Å². The number of piperidine rings is 1. The molecule has 9 heterocycles. The van der Waals surface area contributed by atoms with Crippen LogP contribution < -0.4 is 30.3 Å². The molecule has 6 atom stereocenters. The number of alkyl halides is 1. The van der Waals surface area contributed by atoms with Crippen LogP contribution in [0.25, 0.3) is 11.0 Å². The van der Waals surface area contributed by atoms with Crippen molar-refractivity contribution < 1.29 is 46.2 Å². The van der Waals surface area contributed by atoms with E-state index in [1.54, 1.807) is 18.3 Å². The first kappa shape index (κ1) is 47.6. The maximum atomic E-state index is 16.4. The summed E-state index contributed by atoms with van der Waals surface area (Å²) in [7, 11) is -4.86. The molecule has 8 aliphatic rings. The normalized spacial score (nSPS) is 27.2. The molecule has 7 aliphatic heterocycles. The van der Waals surface area contributed by atoms with Crippen LogP contribution in [-0.2, 0) is 24.0 Å². The number of hydrogen-bond donors (Lipinski definition) is 3. The molecule has 13 rings (SSSR count). The molecule has 3 aromatic carbocycles. The smallest absolute Gasteiger partial charge is 0.297 e. The summed E-state index contributed by atoms with van der Waals surface area (Å²) in [5, 5.41) is 16.8. The van der Waals surface area contributed by atoms with E-state index in [4.69, 9.17) is 34.4 Å². The lowest BCUT2D eigenvalue weighted by atomic mass is 9.59. The molecule has 2 bridgehead atoms. The van der Waals surface area contributed by atoms with E-state index in [1.807, 2.05) is 17.0 Å². The number of ether oxygens (including phenoxy) is 5. The van der Waals surface area contributed by atoms with Crippen LogP contribution >= 0.6 is 0 Å². The number of carbonyl (C=O) groups excluding carboxylic acids is 1. The second-order valence-electron chi connectivity index (χ2n) is 22.1. The van der Waals surface area contributed by atoms with Crippen LogP contribution in [0.5, 0.6) is 11.6 Å². The highest BCUT2D eigenvalue weighted by Crippen LogP contribution is 2.58. The number of anilines is 4. The minimum absolute atomic E-state index is 0.0227. The number of aromatic nitrogens is 2. The summed E-state index contributed by atoms with van der Waals surface area (Å²) >= 11 is 0. The van der Waals surface area contributed by atoms with E-state index < -0.39 is 55.1 Å². The number of likely N-dealkylation sites (tertiary alicyclic amines) is 1. The number of nitro benzene ring substituents is 1. The van der Waals surface area contributed by atoms with Crippen LogP contribution in [0.2, 0.25) is 0 Å². The van der Waals surface area contributed by atoms with Crippen molar-refractivity contribution in [2.45, 2.75) is 129 Å². The molecular formula is C54H61FN8O10S. The van der Waals surface area contributed by atoms with Crippen molar-refractivity contribution in [1.29, 1.82) is 0 Å². The highest BCUT2D eigenvalue weighted by atomic mass is 32.2. The number of primary amides is 1. The Morgan fingerprint density at radius 2 is 1.74 bits per heavy atom. The van der Waals surface area contributed by atoms with Crippen molar-refractivity contribution in [3.8, 4) is 11.6 Å². The van der Waals surface area contributed by atoms with E-state index in [2.05, 4.69) is 58.2 Å². The average molecular weight is 1030 g/mol. The number of sulfone groups is 1. The number of nitro groups is 1. The summed E-state index contributed by atoms with van der Waals surface area (Å²) in [5.74, 6) is -0.388. The van der Waals surface area contributed by atoms with E-state index in [0.717, 1.165) is 50.2 Å². The Balaban J connectivity index is 0.902. The first-order valence-electron chi connectivity index (χ1n) is 26.2. The van der Waals surface area contributed by atoms with Crippen molar-refractivity contribution in [3.05, 3.63) is 93.7 Å². The number of aromatic amines is 1. The van der Waals surface area contributed by atoms with Gasteiger partial charge in [0.25, 0.3) is 11.6 Å². The number of benzene rings is 3. The Labute approximate surface area is 428 Å². The van der Waals surface area contributed by atoms with Gasteiger partial charge in [0.05, 0.1) is 64.2 Å². The molecule has 0 radical (unpaired) electrons. The Morgan fingerprint density at radius 1 is 0.946 bits per heavy atom. The van der Waals surface area contributed by atoms with Crippen LogP contribution in [0.15, 0.2) is 76.7 Å². The third kappa shape index (κ3) is 7.63. The number of nitrogens with two attached hydrogens (primary N) is 1. The van der Waals surface area contributed by atoms with Gasteiger partial charge in [0, 0.05) is 81.6 Å². The predicted molar refractivity (Wildman–Crippen MR) is 272 cm³/mol. The van der Waals surface area contributed by atoms with Crippen LogP contribution in [0.1, 0.15) is 98.7 Å². The van der Waals surface area contributed by atoms with Crippen LogP contribution in [0.4, 0.5) is 32.8 Å². The zero-order chi connectivity index (χ0) is 50.8. The maximum absolute atomic E-state index is 16.4. The highest BCUT2D eigenvalue weighted by Gasteiger charge is 2.57. The summed E-state index contributed by atoms with van der Waals surface area (Å²) in [6.07, 6.45) is 6.46. The molecule has 5 saturated heterocycles. The SMILES string of the molecule is CC(C)c1ccccc1[C@@H]1[C@@H]2C[C@@H](CO2)N1C1CC2(CCN(c3ccc(C(N)=O)c(N4c5cc6cc[nH]c6nc5O[C@H]5COCC[C@@H]54)c3S(=O)(=O)c3cc4c(c([N+](=O)[O-])c3)N[C@H](C3(F)CCOCC3)CO4)CC2)C1. The maximum Gasteiger partial charge on any atom is 0.297 e. The molecule has 2 aromatic heterocycles. The molecule has 4 N–H and O–H groups in total. The number of carbonyl (C=O) groups is 1. The lowest BCUT2D eigenvalue weighted by molar-refractivity contribution is -0.384.